The number of nitrogens with one attached hydrogen (secondary N) is 2. The lowest BCUT2D eigenvalue weighted by Crippen LogP contribution is -2.29. The summed E-state index contributed by atoms with van der Waals surface area (Å²) in [6.45, 7) is 2.82. The number of sulfone groups is 1. The van der Waals surface area contributed by atoms with Gasteiger partial charge in [0, 0.05) is 19.3 Å². The highest BCUT2D eigenvalue weighted by atomic mass is 32.2. The largest absolute Gasteiger partial charge is 0.369 e. The number of carbonyl (C=O) groups excluding carboxylic acids is 1. The summed E-state index contributed by atoms with van der Waals surface area (Å²) in [7, 11) is -3.09. The molecule has 0 aliphatic carbocycles. The molecule has 1 amide bonds. The Labute approximate surface area is 112 Å². The molecule has 0 bridgehead atoms. The first-order chi connectivity index (χ1) is 8.92. The molecule has 1 aromatic rings. The topological polar surface area (TPSA) is 101 Å². The van der Waals surface area contributed by atoms with Crippen LogP contribution in [0.2, 0.25) is 0 Å². The highest BCUT2D eigenvalue weighted by molar-refractivity contribution is 7.90. The van der Waals surface area contributed by atoms with Gasteiger partial charge in [-0.2, -0.15) is 0 Å². The van der Waals surface area contributed by atoms with E-state index in [2.05, 4.69) is 20.6 Å². The van der Waals surface area contributed by atoms with E-state index in [0.29, 0.717) is 5.82 Å². The zero-order chi connectivity index (χ0) is 14.3. The van der Waals surface area contributed by atoms with E-state index in [9.17, 15) is 13.2 Å². The van der Waals surface area contributed by atoms with Crippen LogP contribution in [0.4, 0.5) is 5.82 Å². The van der Waals surface area contributed by atoms with Gasteiger partial charge in [-0.05, 0) is 6.42 Å². The second kappa shape index (κ2) is 7.03. The van der Waals surface area contributed by atoms with Gasteiger partial charge in [0.25, 0.3) is 5.91 Å². The Morgan fingerprint density at radius 2 is 2.05 bits per heavy atom. The summed E-state index contributed by atoms with van der Waals surface area (Å²) in [6.07, 6.45) is 4.93. The van der Waals surface area contributed by atoms with Crippen molar-refractivity contribution in [3.63, 3.8) is 0 Å². The van der Waals surface area contributed by atoms with Gasteiger partial charge in [-0.15, -0.1) is 0 Å². The molecule has 0 spiro atoms. The molecule has 8 heteroatoms. The Hall–Kier alpha value is -1.70. The molecule has 19 heavy (non-hydrogen) atoms. The molecule has 0 atom stereocenters. The average Bonchev–Trinajstić information content (AvgIpc) is 2.35. The highest BCUT2D eigenvalue weighted by Gasteiger charge is 2.09. The van der Waals surface area contributed by atoms with Crippen molar-refractivity contribution >= 4 is 21.6 Å². The van der Waals surface area contributed by atoms with E-state index in [-0.39, 0.29) is 18.0 Å². The smallest absolute Gasteiger partial charge is 0.271 e. The fourth-order valence-corrected chi connectivity index (χ4v) is 1.73. The Kier molecular flexibility index (Phi) is 5.68. The first-order valence-electron chi connectivity index (χ1n) is 5.94. The van der Waals surface area contributed by atoms with Crippen molar-refractivity contribution in [1.82, 2.24) is 15.3 Å². The summed E-state index contributed by atoms with van der Waals surface area (Å²) in [4.78, 5) is 19.7. The van der Waals surface area contributed by atoms with Crippen molar-refractivity contribution in [2.75, 3.05) is 30.4 Å². The number of carbonyl (C=O) groups is 1. The van der Waals surface area contributed by atoms with Gasteiger partial charge in [-0.3, -0.25) is 9.78 Å². The van der Waals surface area contributed by atoms with Gasteiger partial charge < -0.3 is 10.6 Å². The molecule has 0 aliphatic rings. The fourth-order valence-electron chi connectivity index (χ4n) is 1.25. The number of hydrogen-bond acceptors (Lipinski definition) is 6. The molecule has 1 rings (SSSR count). The number of amides is 1. The van der Waals surface area contributed by atoms with Crippen molar-refractivity contribution in [2.24, 2.45) is 0 Å². The van der Waals surface area contributed by atoms with Crippen LogP contribution < -0.4 is 10.6 Å². The summed E-state index contributed by atoms with van der Waals surface area (Å²) in [5.41, 5.74) is 0.162. The Bertz CT molecular complexity index is 530. The molecule has 0 fully saturated rings. The van der Waals surface area contributed by atoms with Crippen LogP contribution >= 0.6 is 0 Å². The van der Waals surface area contributed by atoms with Gasteiger partial charge in [0.15, 0.2) is 0 Å². The van der Waals surface area contributed by atoms with E-state index in [1.54, 1.807) is 0 Å². The van der Waals surface area contributed by atoms with E-state index in [0.717, 1.165) is 19.2 Å². The van der Waals surface area contributed by atoms with Gasteiger partial charge in [0.1, 0.15) is 21.3 Å². The van der Waals surface area contributed by atoms with E-state index >= 15 is 0 Å². The minimum atomic E-state index is -3.09. The fraction of sp³-hybridized carbons (Fsp3) is 0.545. The molecule has 2 N–H and O–H groups in total. The van der Waals surface area contributed by atoms with Crippen LogP contribution in [0.1, 0.15) is 23.8 Å². The highest BCUT2D eigenvalue weighted by Crippen LogP contribution is 2.02. The van der Waals surface area contributed by atoms with E-state index in [1.165, 1.54) is 12.4 Å². The van der Waals surface area contributed by atoms with Gasteiger partial charge >= 0.3 is 0 Å². The maximum absolute atomic E-state index is 11.7. The lowest BCUT2D eigenvalue weighted by Gasteiger charge is -2.06. The van der Waals surface area contributed by atoms with Crippen LogP contribution in [0.25, 0.3) is 0 Å². The summed E-state index contributed by atoms with van der Waals surface area (Å²) in [6, 6.07) is 0. The van der Waals surface area contributed by atoms with Crippen molar-refractivity contribution in [3.05, 3.63) is 18.1 Å². The predicted molar refractivity (Wildman–Crippen MR) is 72.9 cm³/mol. The third-order valence-electron chi connectivity index (χ3n) is 2.18. The second-order valence-electron chi connectivity index (χ2n) is 4.10. The molecule has 7 nitrogen and oxygen atoms in total. The number of anilines is 1. The maximum atomic E-state index is 11.7. The third-order valence-corrected chi connectivity index (χ3v) is 3.13. The minimum Gasteiger partial charge on any atom is -0.369 e. The molecular formula is C11H18N4O3S. The summed E-state index contributed by atoms with van der Waals surface area (Å²) in [5, 5.41) is 5.51. The lowest BCUT2D eigenvalue weighted by atomic mass is 10.4. The summed E-state index contributed by atoms with van der Waals surface area (Å²) < 4.78 is 21.9. The number of hydrogen-bond donors (Lipinski definition) is 2. The lowest BCUT2D eigenvalue weighted by molar-refractivity contribution is 0.0951. The van der Waals surface area contributed by atoms with Gasteiger partial charge in [0.05, 0.1) is 18.1 Å². The standard InChI is InChI=1S/C11H18N4O3S/c1-3-4-13-10-8-12-7-9(15-10)11(16)14-5-6-19(2,17)18/h7-8H,3-6H2,1-2H3,(H,13,15)(H,14,16). The van der Waals surface area contributed by atoms with Gasteiger partial charge in [0.2, 0.25) is 0 Å². The Balaban J connectivity index is 2.56. The van der Waals surface area contributed by atoms with Crippen LogP contribution in [0.15, 0.2) is 12.4 Å². The SMILES string of the molecule is CCCNc1cncc(C(=O)NCCS(C)(=O)=O)n1. The molecule has 0 unspecified atom stereocenters. The first-order valence-corrected chi connectivity index (χ1v) is 8.00. The second-order valence-corrected chi connectivity index (χ2v) is 6.36. The number of aromatic nitrogens is 2. The normalized spacial score (nSPS) is 11.1. The van der Waals surface area contributed by atoms with Crippen LogP contribution in [-0.4, -0.2) is 49.4 Å². The molecule has 0 saturated heterocycles. The minimum absolute atomic E-state index is 0.0615. The third kappa shape index (κ3) is 6.14. The molecule has 106 valence electrons. The van der Waals surface area contributed by atoms with Crippen molar-refractivity contribution < 1.29 is 13.2 Å². The average molecular weight is 286 g/mol. The van der Waals surface area contributed by atoms with E-state index in [1.807, 2.05) is 6.92 Å². The van der Waals surface area contributed by atoms with Crippen LogP contribution in [0.5, 0.6) is 0 Å². The zero-order valence-electron chi connectivity index (χ0n) is 11.0. The zero-order valence-corrected chi connectivity index (χ0v) is 11.8. The van der Waals surface area contributed by atoms with Crippen LogP contribution in [0, 0.1) is 0 Å². The Morgan fingerprint density at radius 1 is 1.32 bits per heavy atom. The monoisotopic (exact) mass is 286 g/mol. The first kappa shape index (κ1) is 15.4. The quantitative estimate of drug-likeness (QED) is 0.735. The van der Waals surface area contributed by atoms with Crippen LogP contribution in [-0.2, 0) is 9.84 Å². The number of nitrogens with zero attached hydrogens (tertiary/aromatic N) is 2. The predicted octanol–water partition coefficient (Wildman–Crippen LogP) is 0.0729. The molecule has 0 aromatic carbocycles. The number of rotatable bonds is 7. The van der Waals surface area contributed by atoms with Crippen molar-refractivity contribution in [2.45, 2.75) is 13.3 Å². The van der Waals surface area contributed by atoms with E-state index < -0.39 is 15.7 Å². The maximum Gasteiger partial charge on any atom is 0.271 e. The Morgan fingerprint density at radius 3 is 2.68 bits per heavy atom. The van der Waals surface area contributed by atoms with Crippen molar-refractivity contribution in [1.29, 1.82) is 0 Å². The molecule has 0 radical (unpaired) electrons. The summed E-state index contributed by atoms with van der Waals surface area (Å²) in [5.74, 6) is -0.00569. The molecule has 0 saturated carbocycles. The van der Waals surface area contributed by atoms with Gasteiger partial charge in [-0.1, -0.05) is 6.92 Å². The molecule has 0 aliphatic heterocycles. The van der Waals surface area contributed by atoms with E-state index in [4.69, 9.17) is 0 Å². The van der Waals surface area contributed by atoms with Crippen molar-refractivity contribution in [3.8, 4) is 0 Å². The molecule has 1 aromatic heterocycles. The molecule has 1 heterocycles. The van der Waals surface area contributed by atoms with Crippen LogP contribution in [0.3, 0.4) is 0 Å². The van der Waals surface area contributed by atoms with Gasteiger partial charge in [-0.25, -0.2) is 13.4 Å². The molecular weight excluding hydrogens is 268 g/mol. The summed E-state index contributed by atoms with van der Waals surface area (Å²) >= 11 is 0.